The van der Waals surface area contributed by atoms with Crippen molar-refractivity contribution in [2.75, 3.05) is 0 Å². The summed E-state index contributed by atoms with van der Waals surface area (Å²) in [5.74, 6) is 0.907. The zero-order valence-corrected chi connectivity index (χ0v) is 10.00. The van der Waals surface area contributed by atoms with Gasteiger partial charge in [0.2, 0.25) is 0 Å². The Labute approximate surface area is 104 Å². The molecule has 0 saturated heterocycles. The maximum atomic E-state index is 11.3. The largest absolute Gasteiger partial charge is 0.327 e. The molecule has 0 radical (unpaired) electrons. The Bertz CT molecular complexity index is 760. The molecule has 0 bridgehead atoms. The van der Waals surface area contributed by atoms with E-state index in [1.165, 1.54) is 0 Å². The van der Waals surface area contributed by atoms with E-state index in [9.17, 15) is 4.79 Å². The number of hydrogen-bond acceptors (Lipinski definition) is 2. The van der Waals surface area contributed by atoms with Crippen LogP contribution in [0.5, 0.6) is 0 Å². The zero-order chi connectivity index (χ0) is 12.5. The molecule has 2 aromatic carbocycles. The summed E-state index contributed by atoms with van der Waals surface area (Å²) in [5.41, 5.74) is 2.85. The number of aromatic nitrogens is 2. The van der Waals surface area contributed by atoms with Crippen LogP contribution in [0.1, 0.15) is 0 Å². The Morgan fingerprint density at radius 3 is 2.44 bits per heavy atom. The third-order valence-electron chi connectivity index (χ3n) is 3.01. The standard InChI is InChI=1S/C15H12N2O/c1-17-14-10-8-12(18)7-9-13(14)16-15(17)11-5-3-2-4-6-11/h2-10H,1H3. The van der Waals surface area contributed by atoms with Gasteiger partial charge in [-0.1, -0.05) is 30.3 Å². The maximum Gasteiger partial charge on any atom is 0.178 e. The van der Waals surface area contributed by atoms with Crippen molar-refractivity contribution in [3.63, 3.8) is 0 Å². The molecule has 18 heavy (non-hydrogen) atoms. The van der Waals surface area contributed by atoms with E-state index in [0.717, 1.165) is 22.4 Å². The minimum Gasteiger partial charge on any atom is -0.327 e. The number of benzene rings is 1. The first-order valence-corrected chi connectivity index (χ1v) is 5.78. The summed E-state index contributed by atoms with van der Waals surface area (Å²) in [5, 5.41) is 0. The van der Waals surface area contributed by atoms with Gasteiger partial charge in [0.1, 0.15) is 5.82 Å². The van der Waals surface area contributed by atoms with Gasteiger partial charge in [0.15, 0.2) is 5.43 Å². The van der Waals surface area contributed by atoms with Gasteiger partial charge in [0.05, 0.1) is 11.0 Å². The molecule has 0 unspecified atom stereocenters. The summed E-state index contributed by atoms with van der Waals surface area (Å²) in [7, 11) is 1.96. The Morgan fingerprint density at radius 2 is 1.67 bits per heavy atom. The van der Waals surface area contributed by atoms with Gasteiger partial charge < -0.3 is 4.57 Å². The van der Waals surface area contributed by atoms with E-state index in [0.29, 0.717) is 0 Å². The summed E-state index contributed by atoms with van der Waals surface area (Å²) in [6, 6.07) is 16.7. The smallest absolute Gasteiger partial charge is 0.178 e. The lowest BCUT2D eigenvalue weighted by atomic mass is 10.2. The summed E-state index contributed by atoms with van der Waals surface area (Å²) >= 11 is 0. The van der Waals surface area contributed by atoms with E-state index in [1.807, 2.05) is 48.0 Å². The van der Waals surface area contributed by atoms with Gasteiger partial charge in [-0.2, -0.15) is 0 Å². The van der Waals surface area contributed by atoms with E-state index >= 15 is 0 Å². The predicted molar refractivity (Wildman–Crippen MR) is 72.4 cm³/mol. The molecule has 0 aliphatic carbocycles. The van der Waals surface area contributed by atoms with E-state index < -0.39 is 0 Å². The van der Waals surface area contributed by atoms with Gasteiger partial charge in [-0.3, -0.25) is 4.79 Å². The monoisotopic (exact) mass is 236 g/mol. The first-order chi connectivity index (χ1) is 8.75. The topological polar surface area (TPSA) is 34.9 Å². The Kier molecular flexibility index (Phi) is 2.45. The minimum absolute atomic E-state index is 0.00531. The van der Waals surface area contributed by atoms with Gasteiger partial charge in [0, 0.05) is 12.6 Å². The molecule has 3 rings (SSSR count). The number of imidazole rings is 1. The van der Waals surface area contributed by atoms with Crippen LogP contribution in [-0.2, 0) is 7.05 Å². The molecule has 88 valence electrons. The van der Waals surface area contributed by atoms with Gasteiger partial charge in [-0.25, -0.2) is 4.98 Å². The number of nitrogens with zero attached hydrogens (tertiary/aromatic N) is 2. The van der Waals surface area contributed by atoms with Crippen LogP contribution in [0, 0.1) is 0 Å². The minimum atomic E-state index is -0.00531. The van der Waals surface area contributed by atoms with Crippen LogP contribution in [0.4, 0.5) is 0 Å². The van der Waals surface area contributed by atoms with Crippen molar-refractivity contribution in [1.29, 1.82) is 0 Å². The molecule has 3 heteroatoms. The van der Waals surface area contributed by atoms with Gasteiger partial charge >= 0.3 is 0 Å². The molecule has 0 N–H and O–H groups in total. The van der Waals surface area contributed by atoms with Crippen molar-refractivity contribution in [3.05, 3.63) is 64.8 Å². The van der Waals surface area contributed by atoms with Crippen LogP contribution in [0.3, 0.4) is 0 Å². The maximum absolute atomic E-state index is 11.3. The number of fused-ring (bicyclic) bond motifs is 1. The number of hydrogen-bond donors (Lipinski definition) is 0. The van der Waals surface area contributed by atoms with Gasteiger partial charge in [-0.15, -0.1) is 0 Å². The van der Waals surface area contributed by atoms with Gasteiger partial charge in [0.25, 0.3) is 0 Å². The highest BCUT2D eigenvalue weighted by Gasteiger charge is 2.07. The van der Waals surface area contributed by atoms with Crippen molar-refractivity contribution in [3.8, 4) is 11.4 Å². The molecule has 0 aliphatic heterocycles. The van der Waals surface area contributed by atoms with E-state index in [2.05, 4.69) is 4.98 Å². The highest BCUT2D eigenvalue weighted by molar-refractivity contribution is 5.79. The van der Waals surface area contributed by atoms with E-state index in [1.54, 1.807) is 18.2 Å². The first kappa shape index (κ1) is 10.7. The van der Waals surface area contributed by atoms with Crippen LogP contribution >= 0.6 is 0 Å². The van der Waals surface area contributed by atoms with Crippen LogP contribution in [-0.4, -0.2) is 9.55 Å². The fraction of sp³-hybridized carbons (Fsp3) is 0.0667. The third kappa shape index (κ3) is 1.70. The average molecular weight is 236 g/mol. The molecule has 3 aromatic rings. The van der Waals surface area contributed by atoms with Crippen LogP contribution in [0.15, 0.2) is 59.4 Å². The molecular formula is C15H12N2O. The SMILES string of the molecule is Cn1c(-c2ccccc2)nc2ccc(=O)ccc21. The first-order valence-electron chi connectivity index (χ1n) is 5.78. The predicted octanol–water partition coefficient (Wildman–Crippen LogP) is 2.60. The summed E-state index contributed by atoms with van der Waals surface area (Å²) in [6.45, 7) is 0. The van der Waals surface area contributed by atoms with Crippen molar-refractivity contribution in [1.82, 2.24) is 9.55 Å². The lowest BCUT2D eigenvalue weighted by Gasteiger charge is -2.01. The van der Waals surface area contributed by atoms with Gasteiger partial charge in [-0.05, 0) is 24.3 Å². The molecule has 3 nitrogen and oxygen atoms in total. The molecule has 1 aromatic heterocycles. The van der Waals surface area contributed by atoms with Crippen molar-refractivity contribution in [2.45, 2.75) is 0 Å². The number of aryl methyl sites for hydroxylation is 1. The van der Waals surface area contributed by atoms with Crippen LogP contribution in [0.25, 0.3) is 22.4 Å². The molecular weight excluding hydrogens is 224 g/mol. The second-order valence-corrected chi connectivity index (χ2v) is 4.20. The van der Waals surface area contributed by atoms with Crippen LogP contribution in [0.2, 0.25) is 0 Å². The molecule has 0 aliphatic rings. The molecule has 1 heterocycles. The molecule has 0 saturated carbocycles. The lowest BCUT2D eigenvalue weighted by molar-refractivity contribution is 0.959. The molecule has 0 fully saturated rings. The average Bonchev–Trinajstić information content (AvgIpc) is 2.59. The second kappa shape index (κ2) is 4.11. The quantitative estimate of drug-likeness (QED) is 0.651. The van der Waals surface area contributed by atoms with Crippen LogP contribution < -0.4 is 5.43 Å². The summed E-state index contributed by atoms with van der Waals surface area (Å²) in [4.78, 5) is 15.9. The normalized spacial score (nSPS) is 10.7. The van der Waals surface area contributed by atoms with E-state index in [-0.39, 0.29) is 5.43 Å². The Balaban J connectivity index is 2.32. The fourth-order valence-electron chi connectivity index (χ4n) is 2.08. The van der Waals surface area contributed by atoms with Crippen molar-refractivity contribution in [2.24, 2.45) is 7.05 Å². The zero-order valence-electron chi connectivity index (χ0n) is 10.00. The Morgan fingerprint density at radius 1 is 0.944 bits per heavy atom. The lowest BCUT2D eigenvalue weighted by Crippen LogP contribution is -1.92. The molecule has 0 amide bonds. The van der Waals surface area contributed by atoms with Crippen molar-refractivity contribution >= 4 is 11.0 Å². The highest BCUT2D eigenvalue weighted by atomic mass is 16.1. The fourth-order valence-corrected chi connectivity index (χ4v) is 2.08. The summed E-state index contributed by atoms with van der Waals surface area (Å²) in [6.07, 6.45) is 0. The van der Waals surface area contributed by atoms with Crippen molar-refractivity contribution < 1.29 is 0 Å². The Hall–Kier alpha value is -2.42. The second-order valence-electron chi connectivity index (χ2n) is 4.20. The summed E-state index contributed by atoms with van der Waals surface area (Å²) < 4.78 is 2.00. The van der Waals surface area contributed by atoms with E-state index in [4.69, 9.17) is 0 Å². The molecule has 0 atom stereocenters. The highest BCUT2D eigenvalue weighted by Crippen LogP contribution is 2.22. The number of rotatable bonds is 1. The third-order valence-corrected chi connectivity index (χ3v) is 3.01. The molecule has 0 spiro atoms.